The van der Waals surface area contributed by atoms with Gasteiger partial charge in [0, 0.05) is 12.5 Å². The predicted octanol–water partition coefficient (Wildman–Crippen LogP) is 2.18. The number of aryl methyl sites for hydroxylation is 1. The highest BCUT2D eigenvalue weighted by Crippen LogP contribution is 2.30. The van der Waals surface area contributed by atoms with Gasteiger partial charge in [-0.1, -0.05) is 31.2 Å². The van der Waals surface area contributed by atoms with Gasteiger partial charge in [-0.2, -0.15) is 0 Å². The summed E-state index contributed by atoms with van der Waals surface area (Å²) in [6, 6.07) is 8.85. The van der Waals surface area contributed by atoms with E-state index in [9.17, 15) is 4.79 Å². The summed E-state index contributed by atoms with van der Waals surface area (Å²) < 4.78 is 0. The van der Waals surface area contributed by atoms with Crippen LogP contribution in [0.5, 0.6) is 0 Å². The van der Waals surface area contributed by atoms with E-state index in [1.165, 1.54) is 11.1 Å². The number of hydrogen-bond acceptors (Lipinski definition) is 2. The molecule has 1 amide bonds. The monoisotopic (exact) mass is 246 g/mol. The van der Waals surface area contributed by atoms with E-state index in [0.29, 0.717) is 6.42 Å². The Bertz CT molecular complexity index is 417. The third kappa shape index (κ3) is 3.10. The smallest absolute Gasteiger partial charge is 0.222 e. The van der Waals surface area contributed by atoms with Crippen LogP contribution in [0.1, 0.15) is 43.9 Å². The molecular formula is C15H22N2O. The average Bonchev–Trinajstić information content (AvgIpc) is 2.73. The maximum atomic E-state index is 11.9. The SMILES string of the molecule is CCNC(C)CC(=O)NC1CCc2ccccc21. The van der Waals surface area contributed by atoms with Crippen LogP contribution in [-0.4, -0.2) is 18.5 Å². The molecule has 1 aliphatic carbocycles. The Labute approximate surface area is 109 Å². The second-order valence-corrected chi connectivity index (χ2v) is 5.02. The molecule has 2 unspecified atom stereocenters. The van der Waals surface area contributed by atoms with Gasteiger partial charge in [0.25, 0.3) is 0 Å². The van der Waals surface area contributed by atoms with Crippen molar-refractivity contribution < 1.29 is 4.79 Å². The fraction of sp³-hybridized carbons (Fsp3) is 0.533. The van der Waals surface area contributed by atoms with E-state index in [1.54, 1.807) is 0 Å². The maximum Gasteiger partial charge on any atom is 0.222 e. The summed E-state index contributed by atoms with van der Waals surface area (Å²) in [7, 11) is 0. The van der Waals surface area contributed by atoms with Crippen molar-refractivity contribution in [3.05, 3.63) is 35.4 Å². The quantitative estimate of drug-likeness (QED) is 0.836. The molecule has 3 nitrogen and oxygen atoms in total. The molecule has 98 valence electrons. The zero-order valence-corrected chi connectivity index (χ0v) is 11.2. The number of rotatable bonds is 5. The van der Waals surface area contributed by atoms with E-state index in [1.807, 2.05) is 13.0 Å². The van der Waals surface area contributed by atoms with Crippen molar-refractivity contribution in [3.63, 3.8) is 0 Å². The Morgan fingerprint density at radius 2 is 2.22 bits per heavy atom. The molecule has 1 aromatic rings. The molecule has 2 N–H and O–H groups in total. The minimum atomic E-state index is 0.144. The molecule has 2 atom stereocenters. The summed E-state index contributed by atoms with van der Waals surface area (Å²) in [4.78, 5) is 11.9. The van der Waals surface area contributed by atoms with Crippen LogP contribution in [0.3, 0.4) is 0 Å². The van der Waals surface area contributed by atoms with Crippen LogP contribution in [0.4, 0.5) is 0 Å². The molecule has 0 radical (unpaired) electrons. The number of nitrogens with one attached hydrogen (secondary N) is 2. The minimum absolute atomic E-state index is 0.144. The molecule has 3 heteroatoms. The Hall–Kier alpha value is -1.35. The first kappa shape index (κ1) is 13.1. The number of fused-ring (bicyclic) bond motifs is 1. The van der Waals surface area contributed by atoms with Gasteiger partial charge >= 0.3 is 0 Å². The predicted molar refractivity (Wildman–Crippen MR) is 73.4 cm³/mol. The van der Waals surface area contributed by atoms with Gasteiger partial charge < -0.3 is 10.6 Å². The number of amides is 1. The first-order valence-corrected chi connectivity index (χ1v) is 6.81. The Balaban J connectivity index is 1.89. The zero-order chi connectivity index (χ0) is 13.0. The third-order valence-corrected chi connectivity index (χ3v) is 3.51. The van der Waals surface area contributed by atoms with Crippen LogP contribution < -0.4 is 10.6 Å². The Morgan fingerprint density at radius 3 is 3.00 bits per heavy atom. The van der Waals surface area contributed by atoms with Crippen molar-refractivity contribution in [2.24, 2.45) is 0 Å². The van der Waals surface area contributed by atoms with Crippen molar-refractivity contribution in [2.75, 3.05) is 6.54 Å². The number of carbonyl (C=O) groups is 1. The number of hydrogen-bond donors (Lipinski definition) is 2. The molecule has 0 saturated heterocycles. The van der Waals surface area contributed by atoms with Crippen molar-refractivity contribution in [1.29, 1.82) is 0 Å². The molecule has 0 aromatic heterocycles. The summed E-state index contributed by atoms with van der Waals surface area (Å²) >= 11 is 0. The molecule has 0 spiro atoms. The lowest BCUT2D eigenvalue weighted by molar-refractivity contribution is -0.122. The Kier molecular flexibility index (Phi) is 4.37. The fourth-order valence-electron chi connectivity index (χ4n) is 2.66. The molecule has 1 aliphatic rings. The van der Waals surface area contributed by atoms with Gasteiger partial charge in [-0.25, -0.2) is 0 Å². The van der Waals surface area contributed by atoms with Crippen LogP contribution in [0.15, 0.2) is 24.3 Å². The molecule has 2 rings (SSSR count). The molecule has 0 aliphatic heterocycles. The van der Waals surface area contributed by atoms with E-state index in [-0.39, 0.29) is 18.0 Å². The molecule has 18 heavy (non-hydrogen) atoms. The topological polar surface area (TPSA) is 41.1 Å². The summed E-state index contributed by atoms with van der Waals surface area (Å²) in [5, 5.41) is 6.41. The molecule has 0 fully saturated rings. The molecule has 0 heterocycles. The summed E-state index contributed by atoms with van der Waals surface area (Å²) in [6.07, 6.45) is 2.65. The minimum Gasteiger partial charge on any atom is -0.349 e. The second kappa shape index (κ2) is 6.01. The van der Waals surface area contributed by atoms with E-state index in [4.69, 9.17) is 0 Å². The summed E-state index contributed by atoms with van der Waals surface area (Å²) in [5.41, 5.74) is 2.67. The van der Waals surface area contributed by atoms with Gasteiger partial charge in [0.05, 0.1) is 6.04 Å². The second-order valence-electron chi connectivity index (χ2n) is 5.02. The Morgan fingerprint density at radius 1 is 1.44 bits per heavy atom. The standard InChI is InChI=1S/C15H22N2O/c1-3-16-11(2)10-15(18)17-14-9-8-12-6-4-5-7-13(12)14/h4-7,11,14,16H,3,8-10H2,1-2H3,(H,17,18). The van der Waals surface area contributed by atoms with Gasteiger partial charge in [-0.15, -0.1) is 0 Å². The molecule has 1 aromatic carbocycles. The lowest BCUT2D eigenvalue weighted by Crippen LogP contribution is -2.34. The molecular weight excluding hydrogens is 224 g/mol. The van der Waals surface area contributed by atoms with Crippen molar-refractivity contribution >= 4 is 5.91 Å². The number of benzene rings is 1. The molecule has 0 saturated carbocycles. The highest BCUT2D eigenvalue weighted by molar-refractivity contribution is 5.77. The van der Waals surface area contributed by atoms with E-state index >= 15 is 0 Å². The van der Waals surface area contributed by atoms with Crippen LogP contribution in [0.2, 0.25) is 0 Å². The lowest BCUT2D eigenvalue weighted by Gasteiger charge is -2.17. The average molecular weight is 246 g/mol. The van der Waals surface area contributed by atoms with Crippen molar-refractivity contribution in [3.8, 4) is 0 Å². The van der Waals surface area contributed by atoms with Gasteiger partial charge in [-0.05, 0) is 37.4 Å². The van der Waals surface area contributed by atoms with Crippen LogP contribution in [0, 0.1) is 0 Å². The van der Waals surface area contributed by atoms with E-state index < -0.39 is 0 Å². The largest absolute Gasteiger partial charge is 0.349 e. The maximum absolute atomic E-state index is 11.9. The van der Waals surface area contributed by atoms with Crippen LogP contribution in [0.25, 0.3) is 0 Å². The highest BCUT2D eigenvalue weighted by atomic mass is 16.1. The van der Waals surface area contributed by atoms with E-state index in [0.717, 1.165) is 19.4 Å². The zero-order valence-electron chi connectivity index (χ0n) is 11.2. The first-order valence-electron chi connectivity index (χ1n) is 6.81. The summed E-state index contributed by atoms with van der Waals surface area (Å²) in [5.74, 6) is 0.144. The fourth-order valence-corrected chi connectivity index (χ4v) is 2.66. The van der Waals surface area contributed by atoms with Crippen LogP contribution in [-0.2, 0) is 11.2 Å². The van der Waals surface area contributed by atoms with Gasteiger partial charge in [0.1, 0.15) is 0 Å². The molecule has 0 bridgehead atoms. The van der Waals surface area contributed by atoms with Crippen molar-refractivity contribution in [1.82, 2.24) is 10.6 Å². The van der Waals surface area contributed by atoms with E-state index in [2.05, 4.69) is 35.8 Å². The first-order chi connectivity index (χ1) is 8.70. The number of carbonyl (C=O) groups excluding carboxylic acids is 1. The summed E-state index contributed by atoms with van der Waals surface area (Å²) in [6.45, 7) is 5.01. The van der Waals surface area contributed by atoms with Gasteiger partial charge in [0.15, 0.2) is 0 Å². The van der Waals surface area contributed by atoms with Gasteiger partial charge in [-0.3, -0.25) is 4.79 Å². The highest BCUT2D eigenvalue weighted by Gasteiger charge is 2.23. The third-order valence-electron chi connectivity index (χ3n) is 3.51. The normalized spacial score (nSPS) is 19.3. The van der Waals surface area contributed by atoms with Crippen LogP contribution >= 0.6 is 0 Å². The van der Waals surface area contributed by atoms with Gasteiger partial charge in [0.2, 0.25) is 5.91 Å². The lowest BCUT2D eigenvalue weighted by atomic mass is 10.1. The van der Waals surface area contributed by atoms with Crippen molar-refractivity contribution in [2.45, 2.75) is 45.2 Å².